The third-order valence-corrected chi connectivity index (χ3v) is 3.90. The van der Waals surface area contributed by atoms with E-state index in [0.29, 0.717) is 17.2 Å². The summed E-state index contributed by atoms with van der Waals surface area (Å²) in [5.74, 6) is -1.94. The van der Waals surface area contributed by atoms with Crippen molar-refractivity contribution in [3.8, 4) is 0 Å². The zero-order chi connectivity index (χ0) is 18.1. The van der Waals surface area contributed by atoms with Gasteiger partial charge < -0.3 is 15.8 Å². The Kier molecular flexibility index (Phi) is 7.94. The number of rotatable bonds is 10. The molecule has 0 aromatic heterocycles. The maximum atomic E-state index is 12.1. The lowest BCUT2D eigenvalue weighted by atomic mass is 10.0. The van der Waals surface area contributed by atoms with Gasteiger partial charge in [0.2, 0.25) is 6.17 Å². The maximum Gasteiger partial charge on any atom is 0.350 e. The first-order valence-corrected chi connectivity index (χ1v) is 8.19. The molecule has 0 saturated carbocycles. The molecular formula is C16H26N4O4. The monoisotopic (exact) mass is 338 g/mol. The number of carbonyl (C=O) groups is 3. The van der Waals surface area contributed by atoms with Crippen LogP contribution in [0.2, 0.25) is 0 Å². The molecule has 24 heavy (non-hydrogen) atoms. The van der Waals surface area contributed by atoms with E-state index < -0.39 is 29.9 Å². The van der Waals surface area contributed by atoms with Crippen molar-refractivity contribution in [2.45, 2.75) is 52.1 Å². The highest BCUT2D eigenvalue weighted by Gasteiger charge is 2.37. The summed E-state index contributed by atoms with van der Waals surface area (Å²) in [5.41, 5.74) is 5.22. The van der Waals surface area contributed by atoms with Crippen LogP contribution >= 0.6 is 0 Å². The molecule has 1 aliphatic rings. The van der Waals surface area contributed by atoms with Gasteiger partial charge in [-0.25, -0.2) is 9.69 Å². The number of guanidine groups is 1. The van der Waals surface area contributed by atoms with Crippen LogP contribution in [0.15, 0.2) is 12.2 Å². The van der Waals surface area contributed by atoms with Crippen LogP contribution in [0.1, 0.15) is 46.0 Å². The Morgan fingerprint density at radius 2 is 1.92 bits per heavy atom. The smallest absolute Gasteiger partial charge is 0.350 e. The fourth-order valence-electron chi connectivity index (χ4n) is 2.27. The highest BCUT2D eigenvalue weighted by Crippen LogP contribution is 2.13. The SMILES string of the molecule is CCC(C)CCCCCOC(=O)C(NC(=N)N)N1C(=O)C=CC1=O. The molecule has 0 radical (unpaired) electrons. The molecule has 0 aromatic carbocycles. The van der Waals surface area contributed by atoms with E-state index in [2.05, 4.69) is 19.2 Å². The maximum absolute atomic E-state index is 12.1. The molecule has 0 spiro atoms. The van der Waals surface area contributed by atoms with Crippen LogP contribution in [-0.2, 0) is 19.1 Å². The summed E-state index contributed by atoms with van der Waals surface area (Å²) in [7, 11) is 0. The van der Waals surface area contributed by atoms with E-state index >= 15 is 0 Å². The first-order valence-electron chi connectivity index (χ1n) is 8.19. The molecule has 2 unspecified atom stereocenters. The number of esters is 1. The van der Waals surface area contributed by atoms with E-state index in [-0.39, 0.29) is 6.61 Å². The molecule has 0 saturated heterocycles. The second-order valence-corrected chi connectivity index (χ2v) is 5.87. The van der Waals surface area contributed by atoms with Gasteiger partial charge in [0, 0.05) is 12.2 Å². The topological polar surface area (TPSA) is 126 Å². The largest absolute Gasteiger partial charge is 0.463 e. The Hall–Kier alpha value is -2.38. The van der Waals surface area contributed by atoms with Gasteiger partial charge >= 0.3 is 5.97 Å². The molecule has 0 aromatic rings. The van der Waals surface area contributed by atoms with Crippen molar-refractivity contribution in [1.29, 1.82) is 5.41 Å². The summed E-state index contributed by atoms with van der Waals surface area (Å²) >= 11 is 0. The fraction of sp³-hybridized carbons (Fsp3) is 0.625. The normalized spacial score (nSPS) is 16.2. The summed E-state index contributed by atoms with van der Waals surface area (Å²) < 4.78 is 5.12. The van der Waals surface area contributed by atoms with E-state index in [1.807, 2.05) is 0 Å². The van der Waals surface area contributed by atoms with Crippen LogP contribution in [-0.4, -0.2) is 41.4 Å². The number of amides is 2. The van der Waals surface area contributed by atoms with E-state index in [1.54, 1.807) is 0 Å². The van der Waals surface area contributed by atoms with Gasteiger partial charge in [-0.3, -0.25) is 15.0 Å². The number of ether oxygens (including phenoxy) is 1. The molecule has 1 heterocycles. The Morgan fingerprint density at radius 1 is 1.29 bits per heavy atom. The van der Waals surface area contributed by atoms with Gasteiger partial charge in [-0.05, 0) is 12.3 Å². The fourth-order valence-corrected chi connectivity index (χ4v) is 2.27. The number of hydrogen-bond acceptors (Lipinski definition) is 5. The molecule has 0 bridgehead atoms. The minimum absolute atomic E-state index is 0.194. The molecule has 8 nitrogen and oxygen atoms in total. The Balaban J connectivity index is 2.44. The molecule has 0 aliphatic carbocycles. The standard InChI is InChI=1S/C16H26N4O4/c1-3-11(2)7-5-4-6-10-24-15(23)14(19-16(17)18)20-12(21)8-9-13(20)22/h8-9,11,14H,3-7,10H2,1-2H3,(H4,17,18,19). The second kappa shape index (κ2) is 9.69. The zero-order valence-electron chi connectivity index (χ0n) is 14.2. The molecule has 0 fully saturated rings. The van der Waals surface area contributed by atoms with E-state index in [0.717, 1.165) is 37.8 Å². The minimum Gasteiger partial charge on any atom is -0.463 e. The summed E-state index contributed by atoms with van der Waals surface area (Å²) in [5, 5.41) is 9.52. The number of hydrogen-bond donors (Lipinski definition) is 3. The molecule has 4 N–H and O–H groups in total. The molecular weight excluding hydrogens is 312 g/mol. The van der Waals surface area contributed by atoms with E-state index in [4.69, 9.17) is 15.9 Å². The molecule has 2 atom stereocenters. The second-order valence-electron chi connectivity index (χ2n) is 5.87. The van der Waals surface area contributed by atoms with Gasteiger partial charge in [-0.2, -0.15) is 0 Å². The summed E-state index contributed by atoms with van der Waals surface area (Å²) in [4.78, 5) is 36.2. The van der Waals surface area contributed by atoms with E-state index in [9.17, 15) is 14.4 Å². The van der Waals surface area contributed by atoms with Gasteiger partial charge in [-0.15, -0.1) is 0 Å². The minimum atomic E-state index is -1.42. The Labute approximate surface area is 141 Å². The Morgan fingerprint density at radius 3 is 2.46 bits per heavy atom. The van der Waals surface area contributed by atoms with Gasteiger partial charge in [0.1, 0.15) is 0 Å². The van der Waals surface area contributed by atoms with Gasteiger partial charge in [-0.1, -0.05) is 39.5 Å². The number of nitrogens with one attached hydrogen (secondary N) is 2. The predicted octanol–water partition coefficient (Wildman–Crippen LogP) is 0.870. The molecule has 2 amide bonds. The quantitative estimate of drug-likeness (QED) is 0.178. The molecule has 134 valence electrons. The average Bonchev–Trinajstić information content (AvgIpc) is 2.86. The van der Waals surface area contributed by atoms with Crippen molar-refractivity contribution in [1.82, 2.24) is 10.2 Å². The Bertz CT molecular complexity index is 500. The van der Waals surface area contributed by atoms with Crippen LogP contribution in [0.25, 0.3) is 0 Å². The number of nitrogens with two attached hydrogens (primary N) is 1. The van der Waals surface area contributed by atoms with Crippen molar-refractivity contribution in [3.63, 3.8) is 0 Å². The predicted molar refractivity (Wildman–Crippen MR) is 88.7 cm³/mol. The van der Waals surface area contributed by atoms with Gasteiger partial charge in [0.25, 0.3) is 11.8 Å². The number of nitrogens with zero attached hydrogens (tertiary/aromatic N) is 1. The third kappa shape index (κ3) is 6.02. The molecule has 8 heteroatoms. The van der Waals surface area contributed by atoms with Crippen LogP contribution in [0.5, 0.6) is 0 Å². The lowest BCUT2D eigenvalue weighted by Crippen LogP contribution is -2.57. The van der Waals surface area contributed by atoms with Crippen molar-refractivity contribution < 1.29 is 19.1 Å². The lowest BCUT2D eigenvalue weighted by molar-refractivity contribution is -0.158. The third-order valence-electron chi connectivity index (χ3n) is 3.90. The highest BCUT2D eigenvalue weighted by molar-refractivity contribution is 6.15. The van der Waals surface area contributed by atoms with Crippen LogP contribution in [0, 0.1) is 11.3 Å². The molecule has 1 aliphatic heterocycles. The van der Waals surface area contributed by atoms with Crippen molar-refractivity contribution >= 4 is 23.7 Å². The number of unbranched alkanes of at least 4 members (excludes halogenated alkanes) is 2. The summed E-state index contributed by atoms with van der Waals surface area (Å²) in [6, 6.07) is 0. The molecule has 1 rings (SSSR count). The zero-order valence-corrected chi connectivity index (χ0v) is 14.2. The first kappa shape index (κ1) is 19.7. The van der Waals surface area contributed by atoms with Gasteiger partial charge in [0.05, 0.1) is 6.61 Å². The average molecular weight is 338 g/mol. The summed E-state index contributed by atoms with van der Waals surface area (Å²) in [6.07, 6.45) is 5.69. The number of imide groups is 1. The van der Waals surface area contributed by atoms with Crippen molar-refractivity contribution in [2.24, 2.45) is 11.7 Å². The highest BCUT2D eigenvalue weighted by atomic mass is 16.5. The van der Waals surface area contributed by atoms with Crippen LogP contribution in [0.4, 0.5) is 0 Å². The first-order chi connectivity index (χ1) is 11.4. The lowest BCUT2D eigenvalue weighted by Gasteiger charge is -2.25. The van der Waals surface area contributed by atoms with E-state index in [1.165, 1.54) is 0 Å². The van der Waals surface area contributed by atoms with Crippen molar-refractivity contribution in [2.75, 3.05) is 6.61 Å². The van der Waals surface area contributed by atoms with Crippen LogP contribution in [0.3, 0.4) is 0 Å². The van der Waals surface area contributed by atoms with Gasteiger partial charge in [0.15, 0.2) is 5.96 Å². The number of carbonyl (C=O) groups excluding carboxylic acids is 3. The van der Waals surface area contributed by atoms with Crippen LogP contribution < -0.4 is 11.1 Å². The summed E-state index contributed by atoms with van der Waals surface area (Å²) in [6.45, 7) is 4.56. The van der Waals surface area contributed by atoms with Crippen molar-refractivity contribution in [3.05, 3.63) is 12.2 Å².